The molecular weight excluding hydrogens is 412 g/mol. The average molecular weight is 435 g/mol. The highest BCUT2D eigenvalue weighted by atomic mass is 32.2. The van der Waals surface area contributed by atoms with Crippen molar-refractivity contribution in [3.8, 4) is 10.7 Å². The van der Waals surface area contributed by atoms with Gasteiger partial charge in [0.15, 0.2) is 11.0 Å². The van der Waals surface area contributed by atoms with E-state index in [4.69, 9.17) is 5.73 Å². The zero-order chi connectivity index (χ0) is 20.9. The monoisotopic (exact) mass is 434 g/mol. The molecule has 1 atom stereocenters. The fraction of sp³-hybridized carbons (Fsp3) is 0.174. The predicted molar refractivity (Wildman–Crippen MR) is 122 cm³/mol. The van der Waals surface area contributed by atoms with Crippen LogP contribution in [-0.2, 0) is 11.3 Å². The Morgan fingerprint density at radius 1 is 1.07 bits per heavy atom. The number of nitrogens with zero attached hydrogens (tertiary/aromatic N) is 3. The van der Waals surface area contributed by atoms with Crippen LogP contribution in [0.15, 0.2) is 77.3 Å². The molecule has 4 rings (SSSR count). The van der Waals surface area contributed by atoms with Crippen LogP contribution in [0, 0.1) is 6.92 Å². The van der Waals surface area contributed by atoms with Crippen LogP contribution < -0.4 is 5.73 Å². The largest absolute Gasteiger partial charge is 0.370 e. The Morgan fingerprint density at radius 2 is 1.83 bits per heavy atom. The van der Waals surface area contributed by atoms with E-state index in [9.17, 15) is 4.79 Å². The van der Waals surface area contributed by atoms with Crippen LogP contribution in [0.2, 0.25) is 0 Å². The molecule has 0 unspecified atom stereocenters. The molecule has 30 heavy (non-hydrogen) atoms. The van der Waals surface area contributed by atoms with E-state index in [0.717, 1.165) is 15.9 Å². The van der Waals surface area contributed by atoms with Crippen molar-refractivity contribution in [1.82, 2.24) is 14.8 Å². The number of benzene rings is 2. The maximum absolute atomic E-state index is 11.5. The molecule has 0 spiro atoms. The van der Waals surface area contributed by atoms with E-state index < -0.39 is 0 Å². The molecule has 2 aromatic heterocycles. The first-order chi connectivity index (χ1) is 14.6. The number of aryl methyl sites for hydroxylation is 1. The summed E-state index contributed by atoms with van der Waals surface area (Å²) < 4.78 is 2.01. The van der Waals surface area contributed by atoms with Gasteiger partial charge < -0.3 is 10.3 Å². The van der Waals surface area contributed by atoms with Gasteiger partial charge in [-0.2, -0.15) is 0 Å². The fourth-order valence-electron chi connectivity index (χ4n) is 3.31. The molecule has 0 saturated carbocycles. The van der Waals surface area contributed by atoms with Crippen molar-refractivity contribution in [2.24, 2.45) is 5.73 Å². The van der Waals surface area contributed by atoms with Gasteiger partial charge in [-0.3, -0.25) is 4.79 Å². The molecule has 0 aliphatic carbocycles. The van der Waals surface area contributed by atoms with Crippen molar-refractivity contribution in [3.05, 3.63) is 88.8 Å². The second kappa shape index (κ2) is 9.28. The van der Waals surface area contributed by atoms with Crippen LogP contribution in [0.25, 0.3) is 10.7 Å². The summed E-state index contributed by atoms with van der Waals surface area (Å²) in [7, 11) is 0. The summed E-state index contributed by atoms with van der Waals surface area (Å²) in [4.78, 5) is 12.5. The summed E-state index contributed by atoms with van der Waals surface area (Å²) in [5.74, 6) is 0.431. The molecular formula is C23H22N4OS2. The quantitative estimate of drug-likeness (QED) is 0.393. The Bertz CT molecular complexity index is 1120. The Morgan fingerprint density at radius 3 is 2.53 bits per heavy atom. The van der Waals surface area contributed by atoms with E-state index >= 15 is 0 Å². The van der Waals surface area contributed by atoms with Gasteiger partial charge in [-0.1, -0.05) is 72.4 Å². The smallest absolute Gasteiger partial charge is 0.219 e. The second-order valence-electron chi connectivity index (χ2n) is 6.92. The molecule has 2 heterocycles. The van der Waals surface area contributed by atoms with Gasteiger partial charge in [-0.25, -0.2) is 0 Å². The third kappa shape index (κ3) is 4.47. The van der Waals surface area contributed by atoms with Crippen LogP contribution in [0.4, 0.5) is 0 Å². The molecule has 0 saturated heterocycles. The van der Waals surface area contributed by atoms with Crippen molar-refractivity contribution >= 4 is 29.0 Å². The van der Waals surface area contributed by atoms with Crippen molar-refractivity contribution in [2.75, 3.05) is 0 Å². The molecule has 0 fully saturated rings. The molecule has 2 aromatic carbocycles. The number of carbonyl (C=O) groups excluding carboxylic acids is 1. The van der Waals surface area contributed by atoms with Crippen molar-refractivity contribution in [2.45, 2.75) is 30.3 Å². The third-order valence-corrected chi connectivity index (χ3v) is 6.98. The van der Waals surface area contributed by atoms with Crippen molar-refractivity contribution < 1.29 is 4.79 Å². The maximum atomic E-state index is 11.5. The summed E-state index contributed by atoms with van der Waals surface area (Å²) >= 11 is 3.25. The van der Waals surface area contributed by atoms with Crippen LogP contribution in [-0.4, -0.2) is 20.7 Å². The van der Waals surface area contributed by atoms with Crippen molar-refractivity contribution in [3.63, 3.8) is 0 Å². The molecule has 5 nitrogen and oxygen atoms in total. The molecule has 2 N–H and O–H groups in total. The highest BCUT2D eigenvalue weighted by Gasteiger charge is 2.23. The lowest BCUT2D eigenvalue weighted by Gasteiger charge is -2.20. The number of carbonyl (C=O) groups is 1. The number of nitrogens with two attached hydrogens (primary N) is 1. The minimum Gasteiger partial charge on any atom is -0.370 e. The third-order valence-electron chi connectivity index (χ3n) is 4.84. The Kier molecular flexibility index (Phi) is 6.30. The van der Waals surface area contributed by atoms with Crippen LogP contribution in [0.3, 0.4) is 0 Å². The molecule has 152 valence electrons. The lowest BCUT2D eigenvalue weighted by atomic mass is 10.0. The number of thiophene rings is 1. The van der Waals surface area contributed by atoms with Crippen LogP contribution in [0.1, 0.15) is 28.4 Å². The van der Waals surface area contributed by atoms with Crippen LogP contribution in [0.5, 0.6) is 0 Å². The molecule has 7 heteroatoms. The SMILES string of the molecule is Cc1ccccc1[C@@H](Sc1nnc(-c2cccs2)n1CCC(N)=O)c1ccccc1. The molecule has 0 radical (unpaired) electrons. The number of primary amides is 1. The summed E-state index contributed by atoms with van der Waals surface area (Å²) in [6, 6.07) is 22.8. The summed E-state index contributed by atoms with van der Waals surface area (Å²) in [6.07, 6.45) is 0.240. The number of hydrogen-bond donors (Lipinski definition) is 1. The van der Waals surface area contributed by atoms with Gasteiger partial charge in [0, 0.05) is 13.0 Å². The normalized spacial score (nSPS) is 12.0. The molecule has 0 aliphatic heterocycles. The van der Waals surface area contributed by atoms with Gasteiger partial charge in [-0.05, 0) is 35.1 Å². The number of hydrogen-bond acceptors (Lipinski definition) is 5. The van der Waals surface area contributed by atoms with E-state index in [2.05, 4.69) is 65.7 Å². The Hall–Kier alpha value is -2.90. The van der Waals surface area contributed by atoms with Gasteiger partial charge in [0.1, 0.15) is 0 Å². The maximum Gasteiger partial charge on any atom is 0.219 e. The molecule has 0 bridgehead atoms. The zero-order valence-corrected chi connectivity index (χ0v) is 18.2. The van der Waals surface area contributed by atoms with Gasteiger partial charge in [0.2, 0.25) is 5.91 Å². The molecule has 0 aliphatic rings. The summed E-state index contributed by atoms with van der Waals surface area (Å²) in [5.41, 5.74) is 9.08. The number of rotatable bonds is 8. The lowest BCUT2D eigenvalue weighted by molar-refractivity contribution is -0.118. The first-order valence-electron chi connectivity index (χ1n) is 9.66. The average Bonchev–Trinajstić information content (AvgIpc) is 3.41. The highest BCUT2D eigenvalue weighted by molar-refractivity contribution is 7.99. The van der Waals surface area contributed by atoms with Gasteiger partial charge in [0.05, 0.1) is 10.1 Å². The number of amides is 1. The second-order valence-corrected chi connectivity index (χ2v) is 8.94. The van der Waals surface area contributed by atoms with E-state index in [0.29, 0.717) is 6.54 Å². The lowest BCUT2D eigenvalue weighted by Crippen LogP contribution is -2.15. The highest BCUT2D eigenvalue weighted by Crippen LogP contribution is 2.42. The summed E-state index contributed by atoms with van der Waals surface area (Å²) in [6.45, 7) is 2.58. The van der Waals surface area contributed by atoms with Gasteiger partial charge in [0.25, 0.3) is 0 Å². The first-order valence-corrected chi connectivity index (χ1v) is 11.4. The Labute approximate surface area is 184 Å². The molecule has 4 aromatic rings. The zero-order valence-electron chi connectivity index (χ0n) is 16.6. The minimum absolute atomic E-state index is 0.0557. The number of thioether (sulfide) groups is 1. The standard InChI is InChI=1S/C23H22N4OS2/c1-16-8-5-6-11-18(16)21(17-9-3-2-4-10-17)30-23-26-25-22(19-12-7-15-29-19)27(23)14-13-20(24)28/h2-12,15,21H,13-14H2,1H3,(H2,24,28)/t21-/m0/s1. The fourth-order valence-corrected chi connectivity index (χ4v) is 5.32. The van der Waals surface area contributed by atoms with E-state index in [1.54, 1.807) is 23.1 Å². The topological polar surface area (TPSA) is 73.8 Å². The predicted octanol–water partition coefficient (Wildman–Crippen LogP) is 5.07. The molecule has 1 amide bonds. The van der Waals surface area contributed by atoms with E-state index in [-0.39, 0.29) is 17.6 Å². The Balaban J connectivity index is 1.76. The van der Waals surface area contributed by atoms with E-state index in [1.807, 2.05) is 28.1 Å². The van der Waals surface area contributed by atoms with Gasteiger partial charge in [-0.15, -0.1) is 21.5 Å². The van der Waals surface area contributed by atoms with E-state index in [1.165, 1.54) is 16.7 Å². The minimum atomic E-state index is -0.338. The van der Waals surface area contributed by atoms with Gasteiger partial charge >= 0.3 is 0 Å². The van der Waals surface area contributed by atoms with Crippen molar-refractivity contribution in [1.29, 1.82) is 0 Å². The van der Waals surface area contributed by atoms with Crippen LogP contribution >= 0.6 is 23.1 Å². The number of aromatic nitrogens is 3. The summed E-state index contributed by atoms with van der Waals surface area (Å²) in [5, 5.41) is 11.8. The first kappa shape index (κ1) is 20.4.